The quantitative estimate of drug-likeness (QED) is 0.652. The van der Waals surface area contributed by atoms with Crippen LogP contribution in [0.15, 0.2) is 22.7 Å². The molecule has 28 heavy (non-hydrogen) atoms. The molecule has 0 unspecified atom stereocenters. The number of carbonyl (C=O) groups is 3. The number of ether oxygens (including phenoxy) is 3. The van der Waals surface area contributed by atoms with Crippen molar-refractivity contribution in [2.75, 3.05) is 26.1 Å². The number of benzene rings is 1. The molecule has 0 radical (unpaired) electrons. The summed E-state index contributed by atoms with van der Waals surface area (Å²) in [6, 6.07) is 4.87. The first-order valence-corrected chi connectivity index (χ1v) is 10.1. The van der Waals surface area contributed by atoms with Gasteiger partial charge in [0.05, 0.1) is 25.3 Å². The Hall–Kier alpha value is -2.39. The summed E-state index contributed by atoms with van der Waals surface area (Å²) in [5, 5.41) is 3.10. The third-order valence-electron chi connectivity index (χ3n) is 4.29. The van der Waals surface area contributed by atoms with Gasteiger partial charge in [0.2, 0.25) is 0 Å². The minimum absolute atomic E-state index is 0.248. The van der Waals surface area contributed by atoms with Gasteiger partial charge in [0, 0.05) is 9.35 Å². The lowest BCUT2D eigenvalue weighted by Crippen LogP contribution is -2.22. The first-order chi connectivity index (χ1) is 13.4. The van der Waals surface area contributed by atoms with Crippen LogP contribution in [0.2, 0.25) is 0 Å². The number of anilines is 1. The van der Waals surface area contributed by atoms with Crippen LogP contribution in [0.5, 0.6) is 5.75 Å². The van der Waals surface area contributed by atoms with Crippen LogP contribution in [0.4, 0.5) is 5.00 Å². The van der Waals surface area contributed by atoms with Gasteiger partial charge in [-0.15, -0.1) is 11.3 Å². The van der Waals surface area contributed by atoms with Crippen molar-refractivity contribution in [2.45, 2.75) is 19.3 Å². The van der Waals surface area contributed by atoms with Crippen molar-refractivity contribution in [2.24, 2.45) is 0 Å². The fourth-order valence-corrected chi connectivity index (χ4v) is 4.67. The molecule has 0 saturated heterocycles. The summed E-state index contributed by atoms with van der Waals surface area (Å²) in [5.74, 6) is -1.18. The monoisotopic (exact) mass is 467 g/mol. The van der Waals surface area contributed by atoms with Crippen molar-refractivity contribution >= 4 is 50.1 Å². The first kappa shape index (κ1) is 20.3. The molecule has 148 valence electrons. The van der Waals surface area contributed by atoms with E-state index >= 15 is 0 Å². The molecule has 1 aromatic heterocycles. The zero-order chi connectivity index (χ0) is 20.3. The molecule has 0 bridgehead atoms. The van der Waals surface area contributed by atoms with Crippen molar-refractivity contribution in [3.63, 3.8) is 0 Å². The van der Waals surface area contributed by atoms with Gasteiger partial charge < -0.3 is 19.5 Å². The second kappa shape index (κ2) is 8.74. The third kappa shape index (κ3) is 4.20. The normalized spacial score (nSPS) is 12.2. The zero-order valence-electron chi connectivity index (χ0n) is 15.3. The fraction of sp³-hybridized carbons (Fsp3) is 0.316. The SMILES string of the molecule is COC(=O)c1c(NC(=O)COC(=O)c2cc(OC)ccc2Br)sc2c1CCC2. The van der Waals surface area contributed by atoms with Gasteiger partial charge in [-0.3, -0.25) is 4.79 Å². The topological polar surface area (TPSA) is 90.9 Å². The number of aryl methyl sites for hydroxylation is 1. The molecule has 0 atom stereocenters. The molecule has 3 rings (SSSR count). The van der Waals surface area contributed by atoms with Crippen LogP contribution < -0.4 is 10.1 Å². The van der Waals surface area contributed by atoms with Crippen LogP contribution in [0.25, 0.3) is 0 Å². The minimum Gasteiger partial charge on any atom is -0.497 e. The maximum atomic E-state index is 12.3. The Morgan fingerprint density at radius 2 is 1.96 bits per heavy atom. The van der Waals surface area contributed by atoms with Crippen LogP contribution in [-0.4, -0.2) is 38.7 Å². The van der Waals surface area contributed by atoms with Gasteiger partial charge in [-0.05, 0) is 59.0 Å². The standard InChI is InChI=1S/C19H18BrNO6S/c1-25-10-6-7-13(20)12(8-10)18(23)27-9-15(22)21-17-16(19(24)26-2)11-4-3-5-14(11)28-17/h6-8H,3-5,9H2,1-2H3,(H,21,22). The Bertz CT molecular complexity index is 939. The number of nitrogens with one attached hydrogen (secondary N) is 1. The Morgan fingerprint density at radius 3 is 2.68 bits per heavy atom. The zero-order valence-corrected chi connectivity index (χ0v) is 17.7. The van der Waals surface area contributed by atoms with Crippen molar-refractivity contribution in [1.29, 1.82) is 0 Å². The molecular formula is C19H18BrNO6S. The average molecular weight is 468 g/mol. The van der Waals surface area contributed by atoms with Gasteiger partial charge in [-0.1, -0.05) is 0 Å². The number of rotatable bonds is 6. The third-order valence-corrected chi connectivity index (χ3v) is 6.19. The summed E-state index contributed by atoms with van der Waals surface area (Å²) >= 11 is 4.63. The lowest BCUT2D eigenvalue weighted by Gasteiger charge is -2.09. The number of hydrogen-bond acceptors (Lipinski definition) is 7. The number of amides is 1. The van der Waals surface area contributed by atoms with Crippen LogP contribution in [0.1, 0.15) is 37.6 Å². The predicted octanol–water partition coefficient (Wildman–Crippen LogP) is 3.59. The molecule has 0 spiro atoms. The number of methoxy groups -OCH3 is 2. The van der Waals surface area contributed by atoms with Gasteiger partial charge in [-0.2, -0.15) is 0 Å². The molecule has 0 fully saturated rings. The Kier molecular flexibility index (Phi) is 6.35. The number of thiophene rings is 1. The van der Waals surface area contributed by atoms with E-state index in [1.807, 2.05) is 0 Å². The lowest BCUT2D eigenvalue weighted by atomic mass is 10.1. The molecule has 1 aliphatic rings. The van der Waals surface area contributed by atoms with Crippen LogP contribution in [0, 0.1) is 0 Å². The van der Waals surface area contributed by atoms with E-state index in [-0.39, 0.29) is 5.56 Å². The van der Waals surface area contributed by atoms with Crippen LogP contribution in [0.3, 0.4) is 0 Å². The highest BCUT2D eigenvalue weighted by atomic mass is 79.9. The number of carbonyl (C=O) groups excluding carboxylic acids is 3. The second-order valence-corrected chi connectivity index (χ2v) is 7.98. The lowest BCUT2D eigenvalue weighted by molar-refractivity contribution is -0.119. The van der Waals surface area contributed by atoms with Gasteiger partial charge >= 0.3 is 11.9 Å². The Labute approximate surface area is 174 Å². The van der Waals surface area contributed by atoms with E-state index in [4.69, 9.17) is 14.2 Å². The largest absolute Gasteiger partial charge is 0.497 e. The maximum Gasteiger partial charge on any atom is 0.341 e. The smallest absolute Gasteiger partial charge is 0.341 e. The first-order valence-electron chi connectivity index (χ1n) is 8.48. The minimum atomic E-state index is -0.664. The molecule has 9 heteroatoms. The Morgan fingerprint density at radius 1 is 1.18 bits per heavy atom. The molecule has 1 heterocycles. The molecule has 7 nitrogen and oxygen atoms in total. The van der Waals surface area contributed by atoms with E-state index in [1.54, 1.807) is 12.1 Å². The number of halogens is 1. The van der Waals surface area contributed by atoms with Gasteiger partial charge in [0.25, 0.3) is 5.91 Å². The molecular weight excluding hydrogens is 450 g/mol. The highest BCUT2D eigenvalue weighted by molar-refractivity contribution is 9.10. The highest BCUT2D eigenvalue weighted by Crippen LogP contribution is 2.39. The van der Waals surface area contributed by atoms with Gasteiger partial charge in [-0.25, -0.2) is 9.59 Å². The summed E-state index contributed by atoms with van der Waals surface area (Å²) in [6.07, 6.45) is 2.64. The average Bonchev–Trinajstić information content (AvgIpc) is 3.26. The van der Waals surface area contributed by atoms with E-state index < -0.39 is 24.5 Å². The molecule has 0 saturated carbocycles. The van der Waals surface area contributed by atoms with Crippen LogP contribution >= 0.6 is 27.3 Å². The number of fused-ring (bicyclic) bond motifs is 1. The van der Waals surface area contributed by atoms with E-state index in [1.165, 1.54) is 31.6 Å². The van der Waals surface area contributed by atoms with E-state index in [0.717, 1.165) is 29.7 Å². The summed E-state index contributed by atoms with van der Waals surface area (Å²) in [7, 11) is 2.80. The molecule has 1 aliphatic carbocycles. The molecule has 1 N–H and O–H groups in total. The summed E-state index contributed by atoms with van der Waals surface area (Å²) in [6.45, 7) is -0.480. The van der Waals surface area contributed by atoms with Gasteiger partial charge in [0.1, 0.15) is 10.8 Å². The van der Waals surface area contributed by atoms with E-state index in [9.17, 15) is 14.4 Å². The van der Waals surface area contributed by atoms with Crippen molar-refractivity contribution < 1.29 is 28.6 Å². The number of hydrogen-bond donors (Lipinski definition) is 1. The van der Waals surface area contributed by atoms with E-state index in [0.29, 0.717) is 20.8 Å². The summed E-state index contributed by atoms with van der Waals surface area (Å²) < 4.78 is 15.6. The summed E-state index contributed by atoms with van der Waals surface area (Å²) in [4.78, 5) is 37.7. The van der Waals surface area contributed by atoms with Crippen molar-refractivity contribution in [3.05, 3.63) is 44.2 Å². The van der Waals surface area contributed by atoms with Crippen LogP contribution in [-0.2, 0) is 27.1 Å². The Balaban J connectivity index is 1.67. The summed E-state index contributed by atoms with van der Waals surface area (Å²) in [5.41, 5.74) is 1.58. The maximum absolute atomic E-state index is 12.3. The molecule has 2 aromatic rings. The predicted molar refractivity (Wildman–Crippen MR) is 107 cm³/mol. The molecule has 1 amide bonds. The molecule has 0 aliphatic heterocycles. The van der Waals surface area contributed by atoms with Crippen molar-refractivity contribution in [1.82, 2.24) is 0 Å². The molecule has 1 aromatic carbocycles. The van der Waals surface area contributed by atoms with Crippen molar-refractivity contribution in [3.8, 4) is 5.75 Å². The fourth-order valence-electron chi connectivity index (χ4n) is 2.97. The van der Waals surface area contributed by atoms with E-state index in [2.05, 4.69) is 21.2 Å². The highest BCUT2D eigenvalue weighted by Gasteiger charge is 2.28. The second-order valence-electron chi connectivity index (χ2n) is 6.02. The van der Waals surface area contributed by atoms with Gasteiger partial charge in [0.15, 0.2) is 6.61 Å². The number of esters is 2.